The predicted molar refractivity (Wildman–Crippen MR) is 167 cm³/mol. The highest BCUT2D eigenvalue weighted by atomic mass is 16.5. The average Bonchev–Trinajstić information content (AvgIpc) is 3.72. The van der Waals surface area contributed by atoms with Crippen molar-refractivity contribution in [3.8, 4) is 0 Å². The summed E-state index contributed by atoms with van der Waals surface area (Å²) in [7, 11) is 0. The van der Waals surface area contributed by atoms with Crippen molar-refractivity contribution in [1.82, 2.24) is 20.9 Å². The molecule has 44 heavy (non-hydrogen) atoms. The third-order valence-corrected chi connectivity index (χ3v) is 15.4. The summed E-state index contributed by atoms with van der Waals surface area (Å²) in [5.41, 5.74) is -0.370. The van der Waals surface area contributed by atoms with Gasteiger partial charge in [0.25, 0.3) is 0 Å². The molecule has 4 saturated carbocycles. The molecule has 4 aliphatic heterocycles. The van der Waals surface area contributed by atoms with Crippen LogP contribution in [-0.4, -0.2) is 73.1 Å². The first-order chi connectivity index (χ1) is 21.0. The Morgan fingerprint density at radius 3 is 2.48 bits per heavy atom. The van der Waals surface area contributed by atoms with E-state index in [1.54, 1.807) is 0 Å². The molecule has 0 aromatic rings. The van der Waals surface area contributed by atoms with Crippen molar-refractivity contribution in [2.75, 3.05) is 32.7 Å². The van der Waals surface area contributed by atoms with Crippen molar-refractivity contribution in [3.05, 3.63) is 0 Å². The lowest BCUT2D eigenvalue weighted by atomic mass is 9.44. The van der Waals surface area contributed by atoms with Crippen LogP contribution in [0.2, 0.25) is 0 Å². The van der Waals surface area contributed by atoms with E-state index in [9.17, 15) is 14.4 Å². The molecule has 0 bridgehead atoms. The first kappa shape index (κ1) is 29.9. The molecule has 2 amide bonds. The molecule has 2 unspecified atom stereocenters. The van der Waals surface area contributed by atoms with Crippen LogP contribution in [0.1, 0.15) is 91.9 Å². The first-order valence-electron chi connectivity index (χ1n) is 18.3. The van der Waals surface area contributed by atoms with E-state index in [1.165, 1.54) is 19.3 Å². The molecular weight excluding hydrogens is 552 g/mol. The molecule has 244 valence electrons. The Hall–Kier alpha value is -1.51. The van der Waals surface area contributed by atoms with E-state index in [1.807, 2.05) is 4.90 Å². The van der Waals surface area contributed by atoms with Gasteiger partial charge in [0.1, 0.15) is 17.9 Å². The van der Waals surface area contributed by atoms with Gasteiger partial charge in [0.05, 0.1) is 6.10 Å². The summed E-state index contributed by atoms with van der Waals surface area (Å²) in [6.45, 7) is 14.1. The zero-order chi connectivity index (χ0) is 30.6. The van der Waals surface area contributed by atoms with Gasteiger partial charge in [-0.3, -0.25) is 19.7 Å². The number of nitrogens with zero attached hydrogens (tertiary/aromatic N) is 1. The number of ether oxygens (including phenoxy) is 1. The van der Waals surface area contributed by atoms with Gasteiger partial charge in [-0.1, -0.05) is 27.7 Å². The number of likely N-dealkylation sites (tertiary alicyclic amines) is 1. The smallest absolute Gasteiger partial charge is 0.232 e. The molecule has 8 nitrogen and oxygen atoms in total. The first-order valence-corrected chi connectivity index (χ1v) is 18.3. The number of ketones is 1. The van der Waals surface area contributed by atoms with Gasteiger partial charge in [-0.25, -0.2) is 0 Å². The standard InChI is InChI=1S/C36H56N4O4/c1-20-7-10-36(38-15-20)21(2)33-29(44-36)12-28-26-6-5-24-11-25(8-9-34(24,3)27(26)13-30(41)35(28,33)4)39-31(42)14-32(43)40-18-22-16-37-17-23(22)19-40/h20-29,33,37-38H,5-19H2,1-4H3,(H,39,42)/t20-,21-,22?,23?,24+,25-,26+,27-,28-,29-,33-,34-,35+,36+/m0/s1. The molecule has 3 N–H and O–H groups in total. The number of amides is 2. The fourth-order valence-corrected chi connectivity index (χ4v) is 12.8. The van der Waals surface area contributed by atoms with Crippen LogP contribution in [-0.2, 0) is 19.1 Å². The SMILES string of the molecule is C[C@H]1CC[C@@]2(NC1)O[C@H]1C[C@H]3[C@@H]4CC[C@@H]5C[C@@H](NC(=O)CC(=O)N6CC7CNCC7C6)CC[C@]5(C)[C@H]4CC(=O)[C@]3(C)[C@H]1[C@@H]2C. The Morgan fingerprint density at radius 2 is 1.75 bits per heavy atom. The summed E-state index contributed by atoms with van der Waals surface area (Å²) in [6, 6.07) is 0.138. The Morgan fingerprint density at radius 1 is 0.977 bits per heavy atom. The lowest BCUT2D eigenvalue weighted by molar-refractivity contribution is -0.160. The van der Waals surface area contributed by atoms with Gasteiger partial charge in [0.2, 0.25) is 11.8 Å². The number of rotatable bonds is 3. The maximum atomic E-state index is 14.4. The van der Waals surface area contributed by atoms with Crippen LogP contribution in [0.25, 0.3) is 0 Å². The summed E-state index contributed by atoms with van der Waals surface area (Å²) in [6.07, 6.45) is 9.55. The summed E-state index contributed by atoms with van der Waals surface area (Å²) >= 11 is 0. The van der Waals surface area contributed by atoms with E-state index >= 15 is 0 Å². The van der Waals surface area contributed by atoms with Crippen molar-refractivity contribution in [2.45, 2.75) is 110 Å². The third kappa shape index (κ3) is 4.35. The van der Waals surface area contributed by atoms with Crippen LogP contribution in [0.4, 0.5) is 0 Å². The van der Waals surface area contributed by atoms with E-state index in [4.69, 9.17) is 4.74 Å². The zero-order valence-electron chi connectivity index (χ0n) is 27.5. The monoisotopic (exact) mass is 608 g/mol. The van der Waals surface area contributed by atoms with Gasteiger partial charge in [0, 0.05) is 62.4 Å². The van der Waals surface area contributed by atoms with E-state index in [0.29, 0.717) is 59.0 Å². The van der Waals surface area contributed by atoms with Crippen molar-refractivity contribution < 1.29 is 19.1 Å². The number of hydrogen-bond donors (Lipinski definition) is 3. The molecule has 0 aromatic carbocycles. The van der Waals surface area contributed by atoms with Crippen LogP contribution in [0, 0.1) is 64.1 Å². The Bertz CT molecular complexity index is 1190. The van der Waals surface area contributed by atoms with Crippen molar-refractivity contribution in [3.63, 3.8) is 0 Å². The van der Waals surface area contributed by atoms with E-state index in [-0.39, 0.29) is 46.9 Å². The fourth-order valence-electron chi connectivity index (χ4n) is 12.8. The van der Waals surface area contributed by atoms with Gasteiger partial charge in [-0.05, 0) is 98.2 Å². The fraction of sp³-hybridized carbons (Fsp3) is 0.917. The number of carbonyl (C=O) groups excluding carboxylic acids is 3. The maximum absolute atomic E-state index is 14.4. The van der Waals surface area contributed by atoms with E-state index < -0.39 is 0 Å². The van der Waals surface area contributed by atoms with Crippen LogP contribution in [0.3, 0.4) is 0 Å². The lowest BCUT2D eigenvalue weighted by Crippen LogP contribution is -2.60. The van der Waals surface area contributed by atoms with Gasteiger partial charge in [0.15, 0.2) is 0 Å². The highest BCUT2D eigenvalue weighted by Crippen LogP contribution is 2.70. The third-order valence-electron chi connectivity index (χ3n) is 15.4. The zero-order valence-corrected chi connectivity index (χ0v) is 27.5. The minimum atomic E-state index is -0.273. The number of hydrogen-bond acceptors (Lipinski definition) is 6. The second-order valence-electron chi connectivity index (χ2n) is 17.4. The molecule has 8 fully saturated rings. The molecule has 8 heteroatoms. The largest absolute Gasteiger partial charge is 0.357 e. The van der Waals surface area contributed by atoms with Crippen molar-refractivity contribution in [2.24, 2.45) is 64.1 Å². The molecule has 8 rings (SSSR count). The number of Topliss-reactive ketones (excluding diaryl/α,β-unsaturated/α-hetero) is 1. The second-order valence-corrected chi connectivity index (χ2v) is 17.4. The number of piperidine rings is 1. The molecule has 4 saturated heterocycles. The molecular formula is C36H56N4O4. The maximum Gasteiger partial charge on any atom is 0.232 e. The molecule has 4 aliphatic carbocycles. The molecule has 0 radical (unpaired) electrons. The van der Waals surface area contributed by atoms with E-state index in [0.717, 1.165) is 71.2 Å². The van der Waals surface area contributed by atoms with Crippen LogP contribution in [0.5, 0.6) is 0 Å². The van der Waals surface area contributed by atoms with Crippen molar-refractivity contribution in [1.29, 1.82) is 0 Å². The highest BCUT2D eigenvalue weighted by molar-refractivity contribution is 5.97. The van der Waals surface area contributed by atoms with E-state index in [2.05, 4.69) is 43.6 Å². The molecule has 1 spiro atoms. The summed E-state index contributed by atoms with van der Waals surface area (Å²) in [5, 5.41) is 10.5. The number of fused-ring (bicyclic) bond motifs is 8. The van der Waals surface area contributed by atoms with Crippen molar-refractivity contribution >= 4 is 17.6 Å². The van der Waals surface area contributed by atoms with Gasteiger partial charge in [-0.15, -0.1) is 0 Å². The van der Waals surface area contributed by atoms with Crippen LogP contribution in [0.15, 0.2) is 0 Å². The minimum absolute atomic E-state index is 0.0128. The molecule has 0 aromatic heterocycles. The Balaban J connectivity index is 0.910. The summed E-state index contributed by atoms with van der Waals surface area (Å²) in [5.74, 6) is 4.82. The Labute approximate surface area is 263 Å². The highest BCUT2D eigenvalue weighted by Gasteiger charge is 2.71. The van der Waals surface area contributed by atoms with Crippen LogP contribution >= 0.6 is 0 Å². The normalized spacial score (nSPS) is 52.7. The molecule has 14 atom stereocenters. The molecule has 4 heterocycles. The Kier molecular flexibility index (Phi) is 7.13. The number of nitrogens with one attached hydrogen (secondary N) is 3. The second kappa shape index (κ2) is 10.5. The van der Waals surface area contributed by atoms with Gasteiger partial charge < -0.3 is 20.3 Å². The minimum Gasteiger partial charge on any atom is -0.357 e. The molecule has 8 aliphatic rings. The van der Waals surface area contributed by atoms with Crippen LogP contribution < -0.4 is 16.0 Å². The van der Waals surface area contributed by atoms with Gasteiger partial charge in [-0.2, -0.15) is 0 Å². The summed E-state index contributed by atoms with van der Waals surface area (Å²) in [4.78, 5) is 42.2. The lowest BCUT2D eigenvalue weighted by Gasteiger charge is -2.60. The quantitative estimate of drug-likeness (QED) is 0.423. The summed E-state index contributed by atoms with van der Waals surface area (Å²) < 4.78 is 6.99. The average molecular weight is 609 g/mol. The number of carbonyl (C=O) groups is 3. The predicted octanol–water partition coefficient (Wildman–Crippen LogP) is 3.74. The van der Waals surface area contributed by atoms with Gasteiger partial charge >= 0.3 is 0 Å². The topological polar surface area (TPSA) is 99.8 Å².